The third-order valence-corrected chi connectivity index (χ3v) is 4.34. The smallest absolute Gasteiger partial charge is 0.307 e. The predicted molar refractivity (Wildman–Crippen MR) is 86.0 cm³/mol. The molecule has 1 unspecified atom stereocenters. The average Bonchev–Trinajstić information content (AvgIpc) is 2.47. The number of hydrogen-bond acceptors (Lipinski definition) is 4. The van der Waals surface area contributed by atoms with E-state index in [1.165, 1.54) is 18.2 Å². The summed E-state index contributed by atoms with van der Waals surface area (Å²) in [6, 6.07) is 14.4. The van der Waals surface area contributed by atoms with Crippen LogP contribution in [0, 0.1) is 0 Å². The number of aliphatic carboxylic acids is 1. The van der Waals surface area contributed by atoms with Crippen molar-refractivity contribution < 1.29 is 23.1 Å². The van der Waals surface area contributed by atoms with E-state index in [9.17, 15) is 13.2 Å². The minimum absolute atomic E-state index is 0.139. The lowest BCUT2D eigenvalue weighted by atomic mass is 10.2. The van der Waals surface area contributed by atoms with Gasteiger partial charge >= 0.3 is 5.97 Å². The van der Waals surface area contributed by atoms with E-state index in [-0.39, 0.29) is 11.3 Å². The van der Waals surface area contributed by atoms with E-state index < -0.39 is 22.1 Å². The number of rotatable bonds is 7. The minimum atomic E-state index is -3.68. The summed E-state index contributed by atoms with van der Waals surface area (Å²) in [6.45, 7) is 1.63. The number of nitrogens with one attached hydrogen (secondary N) is 1. The van der Waals surface area contributed by atoms with Crippen molar-refractivity contribution in [2.45, 2.75) is 24.3 Å². The molecule has 0 fully saturated rings. The van der Waals surface area contributed by atoms with Gasteiger partial charge in [-0.3, -0.25) is 9.52 Å². The van der Waals surface area contributed by atoms with Crippen molar-refractivity contribution >= 4 is 21.7 Å². The summed E-state index contributed by atoms with van der Waals surface area (Å²) < 4.78 is 32.4. The van der Waals surface area contributed by atoms with E-state index in [1.54, 1.807) is 43.3 Å². The van der Waals surface area contributed by atoms with Crippen LogP contribution in [0.3, 0.4) is 0 Å². The maximum Gasteiger partial charge on any atom is 0.307 e. The van der Waals surface area contributed by atoms with E-state index in [1.807, 2.05) is 0 Å². The molecule has 0 spiro atoms. The van der Waals surface area contributed by atoms with Crippen LogP contribution < -0.4 is 9.46 Å². The van der Waals surface area contributed by atoms with Crippen molar-refractivity contribution in [1.29, 1.82) is 0 Å². The molecule has 0 bridgehead atoms. The molecular formula is C16H17NO5S. The number of benzene rings is 2. The van der Waals surface area contributed by atoms with E-state index in [2.05, 4.69) is 4.72 Å². The first-order chi connectivity index (χ1) is 10.9. The third kappa shape index (κ3) is 5.00. The lowest BCUT2D eigenvalue weighted by molar-refractivity contribution is -0.138. The summed E-state index contributed by atoms with van der Waals surface area (Å²) in [5, 5.41) is 8.72. The monoisotopic (exact) mass is 335 g/mol. The van der Waals surface area contributed by atoms with Crippen LogP contribution in [0.25, 0.3) is 0 Å². The first kappa shape index (κ1) is 16.8. The van der Waals surface area contributed by atoms with Gasteiger partial charge in [0.05, 0.1) is 17.0 Å². The minimum Gasteiger partial charge on any atom is -0.490 e. The van der Waals surface area contributed by atoms with E-state index >= 15 is 0 Å². The summed E-state index contributed by atoms with van der Waals surface area (Å²) in [5.74, 6) is -0.564. The van der Waals surface area contributed by atoms with Crippen LogP contribution in [0.5, 0.6) is 5.75 Å². The standard InChI is InChI=1S/C16H17NO5S/c1-12(10-16(18)19)22-14-7-5-6-13(11-14)17-23(20,21)15-8-3-2-4-9-15/h2-9,11-12,17H,10H2,1H3,(H,18,19). The van der Waals surface area contributed by atoms with E-state index in [0.29, 0.717) is 11.4 Å². The predicted octanol–water partition coefficient (Wildman–Crippen LogP) is 2.73. The van der Waals surface area contributed by atoms with Gasteiger partial charge in [0.25, 0.3) is 10.0 Å². The number of hydrogen-bond donors (Lipinski definition) is 2. The largest absolute Gasteiger partial charge is 0.490 e. The van der Waals surface area contributed by atoms with Gasteiger partial charge in [0.1, 0.15) is 11.9 Å². The SMILES string of the molecule is CC(CC(=O)O)Oc1cccc(NS(=O)(=O)c2ccccc2)c1. The highest BCUT2D eigenvalue weighted by Crippen LogP contribution is 2.22. The second-order valence-electron chi connectivity index (χ2n) is 4.97. The van der Waals surface area contributed by atoms with Crippen molar-refractivity contribution in [1.82, 2.24) is 0 Å². The fourth-order valence-electron chi connectivity index (χ4n) is 1.97. The zero-order chi connectivity index (χ0) is 16.9. The highest BCUT2D eigenvalue weighted by molar-refractivity contribution is 7.92. The Bertz CT molecular complexity index is 774. The zero-order valence-corrected chi connectivity index (χ0v) is 13.3. The van der Waals surface area contributed by atoms with Gasteiger partial charge in [0, 0.05) is 6.07 Å². The van der Waals surface area contributed by atoms with Crippen molar-refractivity contribution in [3.8, 4) is 5.75 Å². The van der Waals surface area contributed by atoms with Crippen LogP contribution >= 0.6 is 0 Å². The normalized spacial score (nSPS) is 12.4. The van der Waals surface area contributed by atoms with Gasteiger partial charge in [-0.2, -0.15) is 0 Å². The Morgan fingerprint density at radius 1 is 1.17 bits per heavy atom. The van der Waals surface area contributed by atoms with Crippen molar-refractivity contribution in [2.75, 3.05) is 4.72 Å². The second kappa shape index (κ2) is 7.15. The molecule has 0 aromatic heterocycles. The number of carboxylic acid groups (broad SMARTS) is 1. The number of carboxylic acids is 1. The molecule has 2 N–H and O–H groups in total. The first-order valence-corrected chi connectivity index (χ1v) is 8.41. The molecule has 6 nitrogen and oxygen atoms in total. The molecule has 2 aromatic rings. The highest BCUT2D eigenvalue weighted by atomic mass is 32.2. The van der Waals surface area contributed by atoms with Crippen LogP contribution in [0.2, 0.25) is 0 Å². The third-order valence-electron chi connectivity index (χ3n) is 2.94. The Morgan fingerprint density at radius 3 is 2.52 bits per heavy atom. The second-order valence-corrected chi connectivity index (χ2v) is 6.66. The molecule has 0 aliphatic heterocycles. The molecule has 0 saturated carbocycles. The molecule has 23 heavy (non-hydrogen) atoms. The summed E-state index contributed by atoms with van der Waals surface area (Å²) in [6.07, 6.45) is -0.659. The van der Waals surface area contributed by atoms with Crippen LogP contribution in [0.15, 0.2) is 59.5 Å². The van der Waals surface area contributed by atoms with Crippen molar-refractivity contribution in [3.63, 3.8) is 0 Å². The lowest BCUT2D eigenvalue weighted by Crippen LogP contribution is -2.17. The van der Waals surface area contributed by atoms with Gasteiger partial charge in [-0.25, -0.2) is 8.42 Å². The zero-order valence-electron chi connectivity index (χ0n) is 12.5. The van der Waals surface area contributed by atoms with Crippen LogP contribution in [0.4, 0.5) is 5.69 Å². The quantitative estimate of drug-likeness (QED) is 0.811. The molecule has 2 rings (SSSR count). The molecule has 0 heterocycles. The molecule has 0 amide bonds. The Labute approximate surface area is 134 Å². The van der Waals surface area contributed by atoms with Gasteiger partial charge in [-0.05, 0) is 31.2 Å². The maximum atomic E-state index is 12.3. The number of carbonyl (C=O) groups is 1. The van der Waals surface area contributed by atoms with E-state index in [0.717, 1.165) is 0 Å². The van der Waals surface area contributed by atoms with Gasteiger partial charge in [0.2, 0.25) is 0 Å². The Morgan fingerprint density at radius 2 is 1.87 bits per heavy atom. The lowest BCUT2D eigenvalue weighted by Gasteiger charge is -2.14. The average molecular weight is 335 g/mol. The number of sulfonamides is 1. The van der Waals surface area contributed by atoms with E-state index in [4.69, 9.17) is 9.84 Å². The van der Waals surface area contributed by atoms with Crippen LogP contribution in [-0.2, 0) is 14.8 Å². The van der Waals surface area contributed by atoms with Crippen LogP contribution in [-0.4, -0.2) is 25.6 Å². The van der Waals surface area contributed by atoms with Crippen molar-refractivity contribution in [3.05, 3.63) is 54.6 Å². The molecule has 0 aliphatic rings. The molecule has 122 valence electrons. The fourth-order valence-corrected chi connectivity index (χ4v) is 3.04. The van der Waals surface area contributed by atoms with Crippen molar-refractivity contribution in [2.24, 2.45) is 0 Å². The molecule has 0 radical (unpaired) electrons. The molecule has 7 heteroatoms. The number of anilines is 1. The molecule has 0 saturated heterocycles. The topological polar surface area (TPSA) is 92.7 Å². The summed E-state index contributed by atoms with van der Waals surface area (Å²) >= 11 is 0. The van der Waals surface area contributed by atoms with Gasteiger partial charge in [-0.15, -0.1) is 0 Å². The molecule has 0 aliphatic carbocycles. The van der Waals surface area contributed by atoms with Gasteiger partial charge < -0.3 is 9.84 Å². The summed E-state index contributed by atoms with van der Waals surface area (Å²) in [7, 11) is -3.68. The highest BCUT2D eigenvalue weighted by Gasteiger charge is 2.14. The molecule has 1 atom stereocenters. The molecule has 2 aromatic carbocycles. The summed E-state index contributed by atoms with van der Waals surface area (Å²) in [5.41, 5.74) is 0.342. The Hall–Kier alpha value is -2.54. The summed E-state index contributed by atoms with van der Waals surface area (Å²) in [4.78, 5) is 10.8. The first-order valence-electron chi connectivity index (χ1n) is 6.93. The Balaban J connectivity index is 2.13. The Kier molecular flexibility index (Phi) is 5.23. The maximum absolute atomic E-state index is 12.3. The van der Waals surface area contributed by atoms with Gasteiger partial charge in [-0.1, -0.05) is 24.3 Å². The number of ether oxygens (including phenoxy) is 1. The van der Waals surface area contributed by atoms with Gasteiger partial charge in [0.15, 0.2) is 0 Å². The molecular weight excluding hydrogens is 318 g/mol. The fraction of sp³-hybridized carbons (Fsp3) is 0.188. The van der Waals surface area contributed by atoms with Crippen LogP contribution in [0.1, 0.15) is 13.3 Å².